The minimum absolute atomic E-state index is 0.454. The Morgan fingerprint density at radius 3 is 2.76 bits per heavy atom. The van der Waals surface area contributed by atoms with Crippen LogP contribution >= 0.6 is 0 Å². The molecule has 1 heterocycles. The quantitative estimate of drug-likeness (QED) is 0.874. The van der Waals surface area contributed by atoms with Crippen molar-refractivity contribution in [2.45, 2.75) is 33.4 Å². The fourth-order valence-corrected chi connectivity index (χ4v) is 1.69. The molecule has 0 amide bonds. The third-order valence-corrected chi connectivity index (χ3v) is 2.65. The molecule has 0 saturated heterocycles. The molecule has 0 fully saturated rings. The molecule has 4 nitrogen and oxygen atoms in total. The molecule has 0 aliphatic carbocycles. The summed E-state index contributed by atoms with van der Waals surface area (Å²) in [5.74, 6) is 0. The summed E-state index contributed by atoms with van der Waals surface area (Å²) in [5, 5.41) is 11.5. The SMILES string of the molecule is Cc1ccccc1-n1nncc1CNC(C)C. The maximum absolute atomic E-state index is 4.15. The summed E-state index contributed by atoms with van der Waals surface area (Å²) in [6.45, 7) is 7.11. The molecular formula is C13H18N4. The Balaban J connectivity index is 2.28. The van der Waals surface area contributed by atoms with Gasteiger partial charge in [-0.05, 0) is 18.6 Å². The van der Waals surface area contributed by atoms with Gasteiger partial charge in [-0.2, -0.15) is 0 Å². The number of aryl methyl sites for hydroxylation is 1. The van der Waals surface area contributed by atoms with E-state index in [-0.39, 0.29) is 0 Å². The van der Waals surface area contributed by atoms with E-state index in [0.29, 0.717) is 6.04 Å². The van der Waals surface area contributed by atoms with E-state index < -0.39 is 0 Å². The fraction of sp³-hybridized carbons (Fsp3) is 0.385. The zero-order valence-electron chi connectivity index (χ0n) is 10.5. The summed E-state index contributed by atoms with van der Waals surface area (Å²) in [6, 6.07) is 8.64. The molecule has 0 radical (unpaired) electrons. The molecule has 0 atom stereocenters. The van der Waals surface area contributed by atoms with Crippen LogP contribution in [0.2, 0.25) is 0 Å². The lowest BCUT2D eigenvalue weighted by atomic mass is 10.2. The van der Waals surface area contributed by atoms with Crippen molar-refractivity contribution in [1.29, 1.82) is 0 Å². The molecule has 0 aliphatic heterocycles. The Morgan fingerprint density at radius 1 is 1.29 bits per heavy atom. The standard InChI is InChI=1S/C13H18N4/c1-10(2)14-8-12-9-15-16-17(12)13-7-5-4-6-11(13)3/h4-7,9-10,14H,8H2,1-3H3. The highest BCUT2D eigenvalue weighted by atomic mass is 15.4. The lowest BCUT2D eigenvalue weighted by molar-refractivity contribution is 0.570. The number of nitrogens with one attached hydrogen (secondary N) is 1. The number of nitrogens with zero attached hydrogens (tertiary/aromatic N) is 3. The highest BCUT2D eigenvalue weighted by Gasteiger charge is 2.08. The Kier molecular flexibility index (Phi) is 3.54. The first-order valence-electron chi connectivity index (χ1n) is 5.87. The first-order valence-corrected chi connectivity index (χ1v) is 5.87. The molecule has 4 heteroatoms. The summed E-state index contributed by atoms with van der Waals surface area (Å²) < 4.78 is 1.89. The van der Waals surface area contributed by atoms with Gasteiger partial charge in [-0.3, -0.25) is 0 Å². The molecule has 17 heavy (non-hydrogen) atoms. The average molecular weight is 230 g/mol. The van der Waals surface area contributed by atoms with Crippen molar-refractivity contribution in [3.8, 4) is 5.69 Å². The van der Waals surface area contributed by atoms with E-state index in [1.807, 2.05) is 23.0 Å². The van der Waals surface area contributed by atoms with E-state index in [4.69, 9.17) is 0 Å². The maximum Gasteiger partial charge on any atom is 0.0783 e. The second kappa shape index (κ2) is 5.10. The zero-order valence-corrected chi connectivity index (χ0v) is 10.5. The van der Waals surface area contributed by atoms with Crippen LogP contribution in [0.15, 0.2) is 30.5 Å². The van der Waals surface area contributed by atoms with Crippen LogP contribution in [0.25, 0.3) is 5.69 Å². The first kappa shape index (κ1) is 11.8. The van der Waals surface area contributed by atoms with Gasteiger partial charge in [0.25, 0.3) is 0 Å². The van der Waals surface area contributed by atoms with Crippen LogP contribution in [0.4, 0.5) is 0 Å². The van der Waals surface area contributed by atoms with E-state index in [9.17, 15) is 0 Å². The van der Waals surface area contributed by atoms with Crippen molar-refractivity contribution < 1.29 is 0 Å². The van der Waals surface area contributed by atoms with Crippen LogP contribution < -0.4 is 5.32 Å². The third-order valence-electron chi connectivity index (χ3n) is 2.65. The molecule has 0 spiro atoms. The number of benzene rings is 1. The second-order valence-electron chi connectivity index (χ2n) is 4.46. The number of para-hydroxylation sites is 1. The molecule has 90 valence electrons. The number of hydrogen-bond donors (Lipinski definition) is 1. The van der Waals surface area contributed by atoms with Crippen molar-refractivity contribution >= 4 is 0 Å². The Hall–Kier alpha value is -1.68. The van der Waals surface area contributed by atoms with Gasteiger partial charge in [0.1, 0.15) is 0 Å². The maximum atomic E-state index is 4.15. The van der Waals surface area contributed by atoms with Crippen LogP contribution in [-0.2, 0) is 6.54 Å². The van der Waals surface area contributed by atoms with Gasteiger partial charge < -0.3 is 5.32 Å². The van der Waals surface area contributed by atoms with E-state index in [1.165, 1.54) is 5.56 Å². The monoisotopic (exact) mass is 230 g/mol. The molecule has 1 aromatic carbocycles. The Bertz CT molecular complexity index is 488. The number of rotatable bonds is 4. The Morgan fingerprint density at radius 2 is 2.06 bits per heavy atom. The molecule has 1 aromatic heterocycles. The van der Waals surface area contributed by atoms with E-state index in [1.54, 1.807) is 0 Å². The van der Waals surface area contributed by atoms with Gasteiger partial charge in [0.2, 0.25) is 0 Å². The summed E-state index contributed by atoms with van der Waals surface area (Å²) in [4.78, 5) is 0. The normalized spacial score (nSPS) is 11.1. The van der Waals surface area contributed by atoms with Crippen molar-refractivity contribution in [1.82, 2.24) is 20.3 Å². The van der Waals surface area contributed by atoms with E-state index >= 15 is 0 Å². The van der Waals surface area contributed by atoms with Crippen LogP contribution in [0.3, 0.4) is 0 Å². The van der Waals surface area contributed by atoms with Gasteiger partial charge in [0.05, 0.1) is 17.6 Å². The zero-order chi connectivity index (χ0) is 12.3. The third kappa shape index (κ3) is 2.71. The fourth-order valence-electron chi connectivity index (χ4n) is 1.69. The molecule has 0 bridgehead atoms. The lowest BCUT2D eigenvalue weighted by Crippen LogP contribution is -2.23. The summed E-state index contributed by atoms with van der Waals surface area (Å²) in [6.07, 6.45) is 1.81. The smallest absolute Gasteiger partial charge is 0.0783 e. The Labute approximate surface area is 102 Å². The predicted molar refractivity (Wildman–Crippen MR) is 68.1 cm³/mol. The van der Waals surface area contributed by atoms with E-state index in [0.717, 1.165) is 17.9 Å². The topological polar surface area (TPSA) is 42.7 Å². The van der Waals surface area contributed by atoms with Crippen molar-refractivity contribution in [3.05, 3.63) is 41.7 Å². The van der Waals surface area contributed by atoms with Gasteiger partial charge in [-0.1, -0.05) is 37.3 Å². The molecular weight excluding hydrogens is 212 g/mol. The second-order valence-corrected chi connectivity index (χ2v) is 4.46. The summed E-state index contributed by atoms with van der Waals surface area (Å²) in [7, 11) is 0. The first-order chi connectivity index (χ1) is 8.18. The van der Waals surface area contributed by atoms with Crippen LogP contribution in [-0.4, -0.2) is 21.0 Å². The van der Waals surface area contributed by atoms with Gasteiger partial charge in [0, 0.05) is 12.6 Å². The highest BCUT2D eigenvalue weighted by molar-refractivity contribution is 5.39. The van der Waals surface area contributed by atoms with Crippen molar-refractivity contribution in [2.75, 3.05) is 0 Å². The molecule has 1 N–H and O–H groups in total. The highest BCUT2D eigenvalue weighted by Crippen LogP contribution is 2.13. The van der Waals surface area contributed by atoms with Crippen molar-refractivity contribution in [2.24, 2.45) is 0 Å². The van der Waals surface area contributed by atoms with Crippen LogP contribution in [0.5, 0.6) is 0 Å². The minimum atomic E-state index is 0.454. The van der Waals surface area contributed by atoms with Gasteiger partial charge in [-0.15, -0.1) is 5.10 Å². The van der Waals surface area contributed by atoms with Crippen molar-refractivity contribution in [3.63, 3.8) is 0 Å². The molecule has 2 aromatic rings. The number of hydrogen-bond acceptors (Lipinski definition) is 3. The minimum Gasteiger partial charge on any atom is -0.309 e. The van der Waals surface area contributed by atoms with Gasteiger partial charge in [-0.25, -0.2) is 4.68 Å². The molecule has 2 rings (SSSR count). The summed E-state index contributed by atoms with van der Waals surface area (Å²) >= 11 is 0. The molecule has 0 saturated carbocycles. The van der Waals surface area contributed by atoms with Crippen LogP contribution in [0, 0.1) is 6.92 Å². The van der Waals surface area contributed by atoms with Gasteiger partial charge >= 0.3 is 0 Å². The summed E-state index contributed by atoms with van der Waals surface area (Å²) in [5.41, 5.74) is 3.36. The predicted octanol–water partition coefficient (Wildman–Crippen LogP) is 2.07. The molecule has 0 unspecified atom stereocenters. The van der Waals surface area contributed by atoms with Crippen LogP contribution in [0.1, 0.15) is 25.1 Å². The average Bonchev–Trinajstić information content (AvgIpc) is 2.75. The lowest BCUT2D eigenvalue weighted by Gasteiger charge is -2.11. The van der Waals surface area contributed by atoms with Gasteiger partial charge in [0.15, 0.2) is 0 Å². The molecule has 0 aliphatic rings. The largest absolute Gasteiger partial charge is 0.309 e. The van der Waals surface area contributed by atoms with E-state index in [2.05, 4.69) is 48.5 Å². The number of aromatic nitrogens is 3.